The lowest BCUT2D eigenvalue weighted by atomic mass is 10.1. The first-order valence-electron chi connectivity index (χ1n) is 13.8. The minimum atomic E-state index is -1.29. The standard InChI is InChI=1S/C27H22Cl2N4.C7H6O5/c1-17(2)30-24-16-27-25(15-23(24)31-20-11-7-18(28)8-12-20)32-22-5-3-4-6-26(22)33(27)21-13-9-19(29)10-14-21;8-4-1-3(7(11)12)2-5(9)6(4)10/h3-17,31H,1-2H3;1-2,8-10H,(H,11,12). The molecule has 0 saturated heterocycles. The fourth-order valence-electron chi connectivity index (χ4n) is 4.61. The molecule has 45 heavy (non-hydrogen) atoms. The van der Waals surface area contributed by atoms with Crippen LogP contribution in [0.4, 0.5) is 11.4 Å². The van der Waals surface area contributed by atoms with E-state index in [4.69, 9.17) is 53.6 Å². The molecule has 0 bridgehead atoms. The zero-order valence-electron chi connectivity index (χ0n) is 24.1. The normalized spacial score (nSPS) is 11.4. The average molecular weight is 644 g/mol. The SMILES string of the molecule is CC(C)N=c1cc2n(-c3ccc(Cl)cc3)c3ccccc3nc-2cc1Nc1ccc(Cl)cc1.O=C(O)c1cc(O)c(O)c(O)c1. The van der Waals surface area contributed by atoms with E-state index in [2.05, 4.69) is 41.9 Å². The summed E-state index contributed by atoms with van der Waals surface area (Å²) in [6.07, 6.45) is 0. The van der Waals surface area contributed by atoms with Gasteiger partial charge in [0.15, 0.2) is 17.2 Å². The largest absolute Gasteiger partial charge is 0.504 e. The van der Waals surface area contributed by atoms with E-state index in [0.717, 1.165) is 57.0 Å². The van der Waals surface area contributed by atoms with Gasteiger partial charge in [-0.15, -0.1) is 0 Å². The van der Waals surface area contributed by atoms with Gasteiger partial charge in [-0.25, -0.2) is 9.78 Å². The highest BCUT2D eigenvalue weighted by Gasteiger charge is 2.17. The maximum atomic E-state index is 10.3. The van der Waals surface area contributed by atoms with Crippen LogP contribution >= 0.6 is 23.2 Å². The van der Waals surface area contributed by atoms with Gasteiger partial charge >= 0.3 is 5.97 Å². The van der Waals surface area contributed by atoms with Crippen molar-refractivity contribution in [2.75, 3.05) is 5.32 Å². The Morgan fingerprint density at radius 2 is 1.44 bits per heavy atom. The van der Waals surface area contributed by atoms with Gasteiger partial charge in [-0.1, -0.05) is 35.3 Å². The third-order valence-corrected chi connectivity index (χ3v) is 7.12. The lowest BCUT2D eigenvalue weighted by molar-refractivity contribution is 0.0696. The number of hydrogen-bond acceptors (Lipinski definition) is 7. The van der Waals surface area contributed by atoms with Gasteiger partial charge in [-0.3, -0.25) is 4.99 Å². The minimum Gasteiger partial charge on any atom is -0.504 e. The quantitative estimate of drug-likeness (QED) is 0.0948. The Bertz CT molecular complexity index is 2020. The van der Waals surface area contributed by atoms with Crippen LogP contribution in [-0.2, 0) is 0 Å². The van der Waals surface area contributed by atoms with E-state index in [0.29, 0.717) is 10.0 Å². The van der Waals surface area contributed by atoms with Gasteiger partial charge in [0.05, 0.1) is 39.0 Å². The predicted octanol–water partition coefficient (Wildman–Crippen LogP) is 7.99. The van der Waals surface area contributed by atoms with E-state index in [1.165, 1.54) is 0 Å². The number of carboxylic acids is 1. The number of nitrogens with zero attached hydrogens (tertiary/aromatic N) is 3. The molecule has 4 aromatic rings. The van der Waals surface area contributed by atoms with Gasteiger partial charge in [0, 0.05) is 27.5 Å². The first-order valence-corrected chi connectivity index (χ1v) is 14.5. The van der Waals surface area contributed by atoms with Crippen molar-refractivity contribution in [3.8, 4) is 34.3 Å². The summed E-state index contributed by atoms with van der Waals surface area (Å²) in [6, 6.07) is 29.6. The number of para-hydroxylation sites is 2. The van der Waals surface area contributed by atoms with Gasteiger partial charge in [0.2, 0.25) is 0 Å². The molecule has 0 atom stereocenters. The maximum Gasteiger partial charge on any atom is 0.335 e. The number of rotatable bonds is 5. The first-order chi connectivity index (χ1) is 21.5. The maximum absolute atomic E-state index is 10.3. The highest BCUT2D eigenvalue weighted by atomic mass is 35.5. The fourth-order valence-corrected chi connectivity index (χ4v) is 4.86. The summed E-state index contributed by atoms with van der Waals surface area (Å²) in [4.78, 5) is 20.2. The van der Waals surface area contributed by atoms with Crippen molar-refractivity contribution < 1.29 is 25.2 Å². The van der Waals surface area contributed by atoms with Crippen molar-refractivity contribution in [2.24, 2.45) is 4.99 Å². The van der Waals surface area contributed by atoms with Crippen LogP contribution in [0.3, 0.4) is 0 Å². The number of phenolic OH excluding ortho intramolecular Hbond substituents is 3. The fraction of sp³-hybridized carbons (Fsp3) is 0.0882. The molecule has 5 N–H and O–H groups in total. The van der Waals surface area contributed by atoms with Gasteiger partial charge < -0.3 is 30.3 Å². The van der Waals surface area contributed by atoms with Crippen LogP contribution < -0.4 is 10.7 Å². The van der Waals surface area contributed by atoms with Gasteiger partial charge in [0.1, 0.15) is 0 Å². The molecule has 0 amide bonds. The van der Waals surface area contributed by atoms with Crippen LogP contribution in [0.5, 0.6) is 17.2 Å². The molecule has 0 spiro atoms. The molecule has 228 valence electrons. The number of aromatic carboxylic acids is 1. The van der Waals surface area contributed by atoms with Crippen molar-refractivity contribution >= 4 is 51.6 Å². The van der Waals surface area contributed by atoms with Crippen LogP contribution in [0.15, 0.2) is 102 Å². The third-order valence-electron chi connectivity index (χ3n) is 6.62. The summed E-state index contributed by atoms with van der Waals surface area (Å²) < 4.78 is 2.21. The predicted molar refractivity (Wildman–Crippen MR) is 177 cm³/mol. The molecule has 0 fully saturated rings. The molecule has 9 nitrogen and oxygen atoms in total. The Morgan fingerprint density at radius 1 is 0.844 bits per heavy atom. The number of anilines is 2. The molecule has 6 rings (SSSR count). The Kier molecular flexibility index (Phi) is 9.13. The summed E-state index contributed by atoms with van der Waals surface area (Å²) in [5.74, 6) is -3.33. The lowest BCUT2D eigenvalue weighted by Crippen LogP contribution is -2.16. The van der Waals surface area contributed by atoms with E-state index in [1.807, 2.05) is 66.7 Å². The van der Waals surface area contributed by atoms with Crippen LogP contribution in [-0.4, -0.2) is 42.0 Å². The van der Waals surface area contributed by atoms with E-state index in [9.17, 15) is 4.79 Å². The molecule has 1 aliphatic heterocycles. The lowest BCUT2D eigenvalue weighted by Gasteiger charge is -2.20. The van der Waals surface area contributed by atoms with Gasteiger partial charge in [-0.05, 0) is 98.8 Å². The second-order valence-electron chi connectivity index (χ2n) is 10.3. The summed E-state index contributed by atoms with van der Waals surface area (Å²) >= 11 is 12.2. The molecule has 2 aliphatic rings. The minimum absolute atomic E-state index is 0.130. The Hall–Kier alpha value is -5.25. The van der Waals surface area contributed by atoms with E-state index in [1.54, 1.807) is 0 Å². The van der Waals surface area contributed by atoms with E-state index in [-0.39, 0.29) is 11.6 Å². The van der Waals surface area contributed by atoms with Crippen LogP contribution in [0.25, 0.3) is 28.1 Å². The number of carbonyl (C=O) groups is 1. The first kappa shape index (κ1) is 31.2. The van der Waals surface area contributed by atoms with Crippen molar-refractivity contribution in [3.63, 3.8) is 0 Å². The van der Waals surface area contributed by atoms with Crippen molar-refractivity contribution in [2.45, 2.75) is 19.9 Å². The molecular formula is C34H28Cl2N4O5. The molecule has 0 aromatic heterocycles. The number of halogens is 2. The smallest absolute Gasteiger partial charge is 0.335 e. The topological polar surface area (TPSA) is 140 Å². The molecule has 1 heterocycles. The number of benzene rings is 5. The van der Waals surface area contributed by atoms with Gasteiger partial charge in [-0.2, -0.15) is 0 Å². The van der Waals surface area contributed by atoms with Gasteiger partial charge in [0.25, 0.3) is 0 Å². The highest BCUT2D eigenvalue weighted by molar-refractivity contribution is 6.30. The monoisotopic (exact) mass is 642 g/mol. The number of hydrogen-bond donors (Lipinski definition) is 5. The number of nitrogens with one attached hydrogen (secondary N) is 1. The Morgan fingerprint density at radius 3 is 2.04 bits per heavy atom. The molecule has 1 aliphatic carbocycles. The number of aromatic nitrogens is 2. The van der Waals surface area contributed by atoms with E-state index < -0.39 is 23.2 Å². The summed E-state index contributed by atoms with van der Waals surface area (Å²) in [5.41, 5.74) is 6.31. The number of carboxylic acid groups (broad SMARTS) is 1. The Balaban J connectivity index is 0.000000282. The molecular weight excluding hydrogens is 615 g/mol. The van der Waals surface area contributed by atoms with Crippen LogP contribution in [0.2, 0.25) is 10.0 Å². The number of fused-ring (bicyclic) bond motifs is 2. The average Bonchev–Trinajstić information content (AvgIpc) is 3.00. The Labute approximate surface area is 268 Å². The molecule has 0 unspecified atom stereocenters. The number of phenols is 3. The van der Waals surface area contributed by atoms with Crippen molar-refractivity contribution in [1.82, 2.24) is 9.55 Å². The van der Waals surface area contributed by atoms with Crippen molar-refractivity contribution in [3.05, 3.63) is 118 Å². The summed E-state index contributed by atoms with van der Waals surface area (Å²) in [7, 11) is 0. The summed E-state index contributed by atoms with van der Waals surface area (Å²) in [6.45, 7) is 4.14. The molecule has 0 saturated carbocycles. The zero-order valence-corrected chi connectivity index (χ0v) is 25.6. The number of aromatic hydroxyl groups is 3. The van der Waals surface area contributed by atoms with Crippen LogP contribution in [0.1, 0.15) is 24.2 Å². The third kappa shape index (κ3) is 7.12. The molecule has 11 heteroatoms. The second kappa shape index (κ2) is 13.2. The second-order valence-corrected chi connectivity index (χ2v) is 11.2. The van der Waals surface area contributed by atoms with Crippen molar-refractivity contribution in [1.29, 1.82) is 0 Å². The molecule has 4 aromatic carbocycles. The van der Waals surface area contributed by atoms with E-state index >= 15 is 0 Å². The molecule has 0 radical (unpaired) electrons. The summed E-state index contributed by atoms with van der Waals surface area (Å²) in [5, 5.41) is 40.7. The zero-order chi connectivity index (χ0) is 32.2. The highest BCUT2D eigenvalue weighted by Crippen LogP contribution is 2.35. The van der Waals surface area contributed by atoms with Crippen LogP contribution in [0, 0.1) is 0 Å².